The van der Waals surface area contributed by atoms with Crippen LogP contribution in [0.5, 0.6) is 5.75 Å². The number of carbonyl (C=O) groups excluding carboxylic acids is 1. The Morgan fingerprint density at radius 3 is 3.00 bits per heavy atom. The maximum atomic E-state index is 10.7. The first-order chi connectivity index (χ1) is 8.61. The molecular formula is C13H15N2O3+. The summed E-state index contributed by atoms with van der Waals surface area (Å²) in [5.74, 6) is 0.427. The molecule has 0 aliphatic rings. The molecule has 0 unspecified atom stereocenters. The predicted octanol–water partition coefficient (Wildman–Crippen LogP) is 1.38. The van der Waals surface area contributed by atoms with Crippen LogP contribution in [-0.4, -0.2) is 29.5 Å². The molecule has 0 atom stereocenters. The Balaban J connectivity index is 2.28. The minimum Gasteiger partial charge on any atom is -0.497 e. The van der Waals surface area contributed by atoms with E-state index in [-0.39, 0.29) is 5.91 Å². The molecule has 1 amide bonds. The number of nitrogens with one attached hydrogen (secondary N) is 1. The number of methoxy groups -OCH3 is 1. The molecule has 1 heterocycles. The van der Waals surface area contributed by atoms with Gasteiger partial charge in [0.2, 0.25) is 0 Å². The maximum Gasteiger partial charge on any atom is 0.399 e. The molecule has 2 aromatic rings. The maximum absolute atomic E-state index is 10.7. The Labute approximate surface area is 105 Å². The predicted molar refractivity (Wildman–Crippen MR) is 67.7 cm³/mol. The molecule has 0 saturated heterocycles. The van der Waals surface area contributed by atoms with Gasteiger partial charge in [0.25, 0.3) is 0 Å². The van der Waals surface area contributed by atoms with Crippen LogP contribution in [0.3, 0.4) is 0 Å². The van der Waals surface area contributed by atoms with Gasteiger partial charge in [0, 0.05) is 18.1 Å². The van der Waals surface area contributed by atoms with E-state index in [0.717, 1.165) is 21.4 Å². The lowest BCUT2D eigenvalue weighted by atomic mass is 10.1. The monoisotopic (exact) mass is 247 g/mol. The van der Waals surface area contributed by atoms with E-state index in [9.17, 15) is 10.0 Å². The summed E-state index contributed by atoms with van der Waals surface area (Å²) in [5.41, 5.74) is 1.66. The molecule has 18 heavy (non-hydrogen) atoms. The second-order valence-electron chi connectivity index (χ2n) is 3.98. The highest BCUT2D eigenvalue weighted by Crippen LogP contribution is 2.25. The summed E-state index contributed by atoms with van der Waals surface area (Å²) in [6.45, 7) is 3.72. The third kappa shape index (κ3) is 2.34. The number of benzene rings is 1. The minimum absolute atomic E-state index is 0.305. The van der Waals surface area contributed by atoms with Gasteiger partial charge in [-0.1, -0.05) is 0 Å². The van der Waals surface area contributed by atoms with Gasteiger partial charge in [0.1, 0.15) is 5.75 Å². The summed E-state index contributed by atoms with van der Waals surface area (Å²) in [6, 6.07) is 5.44. The Morgan fingerprint density at radius 2 is 2.33 bits per heavy atom. The van der Waals surface area contributed by atoms with Crippen molar-refractivity contribution in [1.29, 1.82) is 0 Å². The number of amides is 1. The van der Waals surface area contributed by atoms with Crippen LogP contribution >= 0.6 is 0 Å². The molecule has 5 heteroatoms. The lowest BCUT2D eigenvalue weighted by molar-refractivity contribution is -0.116. The quantitative estimate of drug-likeness (QED) is 0.633. The van der Waals surface area contributed by atoms with Crippen molar-refractivity contribution in [1.82, 2.24) is 10.0 Å². The number of ether oxygens (including phenoxy) is 1. The number of hydrogen-bond donors (Lipinski definition) is 2. The molecule has 1 aromatic heterocycles. The fourth-order valence-electron chi connectivity index (χ4n) is 1.92. The third-order valence-electron chi connectivity index (χ3n) is 2.79. The van der Waals surface area contributed by atoms with Gasteiger partial charge in [-0.15, -0.1) is 0 Å². The zero-order chi connectivity index (χ0) is 13.1. The largest absolute Gasteiger partial charge is 0.497 e. The Hall–Kier alpha value is -2.30. The van der Waals surface area contributed by atoms with Crippen LogP contribution in [-0.2, 0) is 11.2 Å². The first-order valence-corrected chi connectivity index (χ1v) is 5.59. The van der Waals surface area contributed by atoms with Gasteiger partial charge in [-0.05, 0) is 30.2 Å². The van der Waals surface area contributed by atoms with Crippen molar-refractivity contribution in [3.05, 3.63) is 36.9 Å². The molecule has 5 nitrogen and oxygen atoms in total. The van der Waals surface area contributed by atoms with E-state index >= 15 is 0 Å². The van der Waals surface area contributed by atoms with E-state index in [4.69, 9.17) is 4.74 Å². The van der Waals surface area contributed by atoms with Gasteiger partial charge in [-0.25, -0.2) is 4.79 Å². The van der Waals surface area contributed by atoms with Crippen LogP contribution in [0.15, 0.2) is 24.4 Å². The molecule has 0 radical (unpaired) electrons. The first-order valence-electron chi connectivity index (χ1n) is 5.59. The van der Waals surface area contributed by atoms with Crippen LogP contribution in [0, 0.1) is 6.92 Å². The van der Waals surface area contributed by atoms with Crippen LogP contribution in [0.4, 0.5) is 0 Å². The minimum atomic E-state index is -0.305. The van der Waals surface area contributed by atoms with Gasteiger partial charge in [-0.2, -0.15) is 4.73 Å². The third-order valence-corrected chi connectivity index (χ3v) is 2.79. The number of aromatic nitrogens is 1. The summed E-state index contributed by atoms with van der Waals surface area (Å²) in [5, 5.41) is 13.3. The molecular weight excluding hydrogens is 232 g/mol. The number of fused-ring (bicyclic) bond motifs is 1. The highest BCUT2D eigenvalue weighted by Gasteiger charge is 2.09. The standard InChI is InChI=1S/C13H14N2O3/c1-9(16)14-6-5-10-8-15(17)13-4-3-11(18-2)7-12(10)13/h3-4,7-8,17H,1,5-6H2,2H3/p+1. The van der Waals surface area contributed by atoms with Gasteiger partial charge >= 0.3 is 5.91 Å². The van der Waals surface area contributed by atoms with Gasteiger partial charge < -0.3 is 15.3 Å². The average Bonchev–Trinajstić information content (AvgIpc) is 2.65. The second-order valence-corrected chi connectivity index (χ2v) is 3.98. The van der Waals surface area contributed by atoms with Crippen molar-refractivity contribution in [3.63, 3.8) is 0 Å². The Bertz CT molecular complexity index is 575. The number of hydrogen-bond acceptors (Lipinski definition) is 3. The number of nitrogens with zero attached hydrogens (tertiary/aromatic N) is 1. The van der Waals surface area contributed by atoms with Crippen LogP contribution < -0.4 is 10.1 Å². The van der Waals surface area contributed by atoms with E-state index in [1.807, 2.05) is 6.07 Å². The normalized spacial score (nSPS) is 10.5. The van der Waals surface area contributed by atoms with Crippen LogP contribution in [0.25, 0.3) is 10.9 Å². The molecule has 0 fully saturated rings. The summed E-state index contributed by atoms with van der Waals surface area (Å²) < 4.78 is 6.24. The molecule has 0 aliphatic heterocycles. The Kier molecular flexibility index (Phi) is 3.32. The fraction of sp³-hybridized carbons (Fsp3) is 0.231. The van der Waals surface area contributed by atoms with Crippen molar-refractivity contribution >= 4 is 16.8 Å². The van der Waals surface area contributed by atoms with E-state index in [2.05, 4.69) is 12.2 Å². The van der Waals surface area contributed by atoms with Gasteiger partial charge in [-0.3, -0.25) is 0 Å². The van der Waals surface area contributed by atoms with E-state index in [1.54, 1.807) is 25.4 Å². The molecule has 94 valence electrons. The molecule has 0 aliphatic carbocycles. The molecule has 2 rings (SSSR count). The zero-order valence-corrected chi connectivity index (χ0v) is 10.1. The summed E-state index contributed by atoms with van der Waals surface area (Å²) >= 11 is 0. The Morgan fingerprint density at radius 1 is 1.56 bits per heavy atom. The summed E-state index contributed by atoms with van der Waals surface area (Å²) in [4.78, 5) is 10.7. The molecule has 0 bridgehead atoms. The van der Waals surface area contributed by atoms with Crippen LogP contribution in [0.2, 0.25) is 0 Å². The highest BCUT2D eigenvalue weighted by molar-refractivity contribution is 5.85. The first kappa shape index (κ1) is 12.2. The summed E-state index contributed by atoms with van der Waals surface area (Å²) in [6.07, 6.45) is 2.26. The second kappa shape index (κ2) is 4.91. The van der Waals surface area contributed by atoms with Gasteiger partial charge in [0.05, 0.1) is 12.6 Å². The van der Waals surface area contributed by atoms with Crippen LogP contribution in [0.1, 0.15) is 5.56 Å². The molecule has 0 spiro atoms. The lowest BCUT2D eigenvalue weighted by Crippen LogP contribution is -2.22. The van der Waals surface area contributed by atoms with Crippen molar-refractivity contribution < 1.29 is 14.7 Å². The lowest BCUT2D eigenvalue weighted by Gasteiger charge is -2.01. The summed E-state index contributed by atoms with van der Waals surface area (Å²) in [7, 11) is 1.60. The molecule has 1 aromatic carbocycles. The van der Waals surface area contributed by atoms with E-state index in [0.29, 0.717) is 18.5 Å². The number of rotatable bonds is 4. The SMILES string of the molecule is [CH2+]C(=O)NCCc1cn(O)c2ccc(OC)cc12. The highest BCUT2D eigenvalue weighted by atomic mass is 16.5. The van der Waals surface area contributed by atoms with E-state index < -0.39 is 0 Å². The van der Waals surface area contributed by atoms with Crippen molar-refractivity contribution in [3.8, 4) is 5.75 Å². The smallest absolute Gasteiger partial charge is 0.399 e. The van der Waals surface area contributed by atoms with Crippen molar-refractivity contribution in [2.24, 2.45) is 0 Å². The number of carbonyl (C=O) groups is 1. The molecule has 0 saturated carbocycles. The molecule has 2 N–H and O–H groups in total. The van der Waals surface area contributed by atoms with E-state index in [1.165, 1.54) is 0 Å². The average molecular weight is 247 g/mol. The fourth-order valence-corrected chi connectivity index (χ4v) is 1.92. The zero-order valence-electron chi connectivity index (χ0n) is 10.1. The topological polar surface area (TPSA) is 63.5 Å². The van der Waals surface area contributed by atoms with Crippen molar-refractivity contribution in [2.45, 2.75) is 6.42 Å². The van der Waals surface area contributed by atoms with Gasteiger partial charge in [0.15, 0.2) is 6.92 Å². The van der Waals surface area contributed by atoms with Crippen molar-refractivity contribution in [2.75, 3.05) is 13.7 Å².